The summed E-state index contributed by atoms with van der Waals surface area (Å²) in [4.78, 5) is 26.6. The molecule has 0 saturated carbocycles. The average Bonchev–Trinajstić information content (AvgIpc) is 3.34. The van der Waals surface area contributed by atoms with E-state index in [1.54, 1.807) is 22.2 Å². The van der Waals surface area contributed by atoms with Crippen LogP contribution in [0.15, 0.2) is 6.33 Å². The van der Waals surface area contributed by atoms with Crippen molar-refractivity contribution in [1.82, 2.24) is 29.8 Å². The number of carbonyl (C=O) groups excluding carboxylic acids is 1. The van der Waals surface area contributed by atoms with E-state index < -0.39 is 0 Å². The predicted octanol–water partition coefficient (Wildman–Crippen LogP) is 2.55. The van der Waals surface area contributed by atoms with E-state index in [0.29, 0.717) is 17.9 Å². The molecular formula is C22H30N6O2S. The van der Waals surface area contributed by atoms with E-state index >= 15 is 0 Å². The minimum atomic E-state index is -0.234. The topological polar surface area (TPSA) is 84.7 Å². The second-order valence-corrected chi connectivity index (χ2v) is 10.7. The monoisotopic (exact) mass is 442 g/mol. The van der Waals surface area contributed by atoms with Crippen molar-refractivity contribution in [1.29, 1.82) is 0 Å². The lowest BCUT2D eigenvalue weighted by Gasteiger charge is -2.33. The van der Waals surface area contributed by atoms with Gasteiger partial charge in [-0.2, -0.15) is 0 Å². The first-order valence-corrected chi connectivity index (χ1v) is 12.0. The highest BCUT2D eigenvalue weighted by molar-refractivity contribution is 7.19. The van der Waals surface area contributed by atoms with E-state index in [-0.39, 0.29) is 11.7 Å². The first-order chi connectivity index (χ1) is 14.9. The van der Waals surface area contributed by atoms with Crippen LogP contribution in [0.3, 0.4) is 0 Å². The molecule has 1 fully saturated rings. The van der Waals surface area contributed by atoms with Crippen LogP contribution in [-0.4, -0.2) is 69.8 Å². The summed E-state index contributed by atoms with van der Waals surface area (Å²) < 4.78 is 7.02. The van der Waals surface area contributed by atoms with Crippen molar-refractivity contribution in [3.8, 4) is 0 Å². The highest BCUT2D eigenvalue weighted by Gasteiger charge is 2.32. The quantitative estimate of drug-likeness (QED) is 0.669. The molecule has 0 spiro atoms. The molecule has 1 atom stereocenters. The molecule has 1 saturated heterocycles. The zero-order valence-corrected chi connectivity index (χ0v) is 19.3. The van der Waals surface area contributed by atoms with E-state index in [4.69, 9.17) is 4.74 Å². The number of rotatable bonds is 4. The van der Waals surface area contributed by atoms with E-state index in [0.717, 1.165) is 61.6 Å². The Bertz CT molecular complexity index is 1110. The maximum Gasteiger partial charge on any atom is 0.291 e. The van der Waals surface area contributed by atoms with Crippen molar-refractivity contribution < 1.29 is 9.53 Å². The first-order valence-electron chi connectivity index (χ1n) is 11.1. The van der Waals surface area contributed by atoms with Crippen LogP contribution < -0.4 is 5.32 Å². The van der Waals surface area contributed by atoms with Gasteiger partial charge in [-0.05, 0) is 36.2 Å². The number of aryl methyl sites for hydroxylation is 1. The zero-order chi connectivity index (χ0) is 21.6. The average molecular weight is 443 g/mol. The molecule has 1 aliphatic heterocycles. The van der Waals surface area contributed by atoms with Crippen molar-refractivity contribution in [2.24, 2.45) is 11.3 Å². The van der Waals surface area contributed by atoms with Crippen molar-refractivity contribution in [3.63, 3.8) is 0 Å². The fourth-order valence-electron chi connectivity index (χ4n) is 4.64. The van der Waals surface area contributed by atoms with E-state index in [2.05, 4.69) is 46.1 Å². The van der Waals surface area contributed by atoms with Gasteiger partial charge in [-0.15, -0.1) is 16.4 Å². The Kier molecular flexibility index (Phi) is 5.44. The van der Waals surface area contributed by atoms with Crippen LogP contribution in [0.25, 0.3) is 15.9 Å². The number of morpholine rings is 1. The number of carbonyl (C=O) groups is 1. The van der Waals surface area contributed by atoms with Crippen LogP contribution >= 0.6 is 11.3 Å². The summed E-state index contributed by atoms with van der Waals surface area (Å²) in [5.74, 6) is 0.649. The lowest BCUT2D eigenvalue weighted by molar-refractivity contribution is 0.0383. The molecule has 0 aromatic carbocycles. The third kappa shape index (κ3) is 4.06. The van der Waals surface area contributed by atoms with Gasteiger partial charge >= 0.3 is 0 Å². The third-order valence-electron chi connectivity index (χ3n) is 6.63. The predicted molar refractivity (Wildman–Crippen MR) is 121 cm³/mol. The fraction of sp³-hybridized carbons (Fsp3) is 0.636. The summed E-state index contributed by atoms with van der Waals surface area (Å²) in [6.45, 7) is 11.7. The number of aromatic nitrogens is 4. The van der Waals surface area contributed by atoms with Gasteiger partial charge in [0.05, 0.1) is 18.6 Å². The number of nitrogens with one attached hydrogen (secondary N) is 1. The number of hydrogen-bond acceptors (Lipinski definition) is 7. The van der Waals surface area contributed by atoms with Gasteiger partial charge in [0.25, 0.3) is 5.91 Å². The number of thiophene rings is 1. The molecule has 9 heteroatoms. The lowest BCUT2D eigenvalue weighted by Crippen LogP contribution is -2.41. The van der Waals surface area contributed by atoms with Crippen molar-refractivity contribution in [2.45, 2.75) is 40.0 Å². The number of ether oxygens (including phenoxy) is 1. The molecule has 5 rings (SSSR count). The number of nitrogens with zero attached hydrogens (tertiary/aromatic N) is 5. The highest BCUT2D eigenvalue weighted by Crippen LogP contribution is 2.43. The second kappa shape index (κ2) is 8.11. The summed E-state index contributed by atoms with van der Waals surface area (Å²) in [5, 5.41) is 8.45. The van der Waals surface area contributed by atoms with Crippen LogP contribution in [0.5, 0.6) is 0 Å². The molecule has 0 bridgehead atoms. The summed E-state index contributed by atoms with van der Waals surface area (Å²) in [6.07, 6.45) is 4.98. The van der Waals surface area contributed by atoms with Gasteiger partial charge in [-0.3, -0.25) is 9.69 Å². The molecule has 8 nitrogen and oxygen atoms in total. The second-order valence-electron chi connectivity index (χ2n) is 9.65. The lowest BCUT2D eigenvalue weighted by atomic mass is 9.72. The molecule has 2 aliphatic rings. The van der Waals surface area contributed by atoms with E-state index in [9.17, 15) is 4.79 Å². The van der Waals surface area contributed by atoms with Gasteiger partial charge in [0.15, 0.2) is 5.65 Å². The molecule has 1 aliphatic carbocycles. The Morgan fingerprint density at radius 3 is 2.90 bits per heavy atom. The number of hydrogen-bond donors (Lipinski definition) is 1. The molecule has 4 heterocycles. The van der Waals surface area contributed by atoms with Crippen LogP contribution in [0, 0.1) is 11.3 Å². The molecule has 3 aromatic heterocycles. The molecule has 0 radical (unpaired) electrons. The molecule has 31 heavy (non-hydrogen) atoms. The summed E-state index contributed by atoms with van der Waals surface area (Å²) >= 11 is 1.77. The van der Waals surface area contributed by atoms with Crippen LogP contribution in [0.4, 0.5) is 0 Å². The summed E-state index contributed by atoms with van der Waals surface area (Å²) in [6, 6.07) is 0. The molecule has 166 valence electrons. The van der Waals surface area contributed by atoms with Crippen molar-refractivity contribution >= 4 is 33.1 Å². The normalized spacial score (nSPS) is 20.3. The van der Waals surface area contributed by atoms with E-state index in [1.807, 2.05) is 0 Å². The molecule has 3 aromatic rings. The summed E-state index contributed by atoms with van der Waals surface area (Å²) in [5.41, 5.74) is 2.40. The van der Waals surface area contributed by atoms with E-state index in [1.165, 1.54) is 16.9 Å². The largest absolute Gasteiger partial charge is 0.379 e. The van der Waals surface area contributed by atoms with Gasteiger partial charge in [-0.25, -0.2) is 14.5 Å². The maximum atomic E-state index is 12.7. The Labute approximate surface area is 186 Å². The molecule has 0 unspecified atom stereocenters. The van der Waals surface area contributed by atoms with Crippen LogP contribution in [0.2, 0.25) is 0 Å². The Morgan fingerprint density at radius 1 is 1.32 bits per heavy atom. The molecule has 1 amide bonds. The number of fused-ring (bicyclic) bond motifs is 5. The van der Waals surface area contributed by atoms with Gasteiger partial charge in [0.1, 0.15) is 11.2 Å². The standard InChI is InChI=1S/C22H30N6O2S/c1-22(2,3)14-4-5-15-16(12-14)31-21-17(15)19-25-18(26-28(19)13-24-21)20(29)23-6-7-27-8-10-30-11-9-27/h13-14H,4-12H2,1-3H3,(H,23,29)/t14-/m0/s1. The molecule has 1 N–H and O–H groups in total. The SMILES string of the molecule is CC(C)(C)[C@H]1CCc2c(sc3ncn4nc(C(=O)NCCN5CCOCC5)nc4c23)C1. The minimum Gasteiger partial charge on any atom is -0.379 e. The minimum absolute atomic E-state index is 0.208. The Morgan fingerprint density at radius 2 is 2.13 bits per heavy atom. The Balaban J connectivity index is 1.36. The van der Waals surface area contributed by atoms with Gasteiger partial charge < -0.3 is 10.1 Å². The van der Waals surface area contributed by atoms with Gasteiger partial charge in [-0.1, -0.05) is 20.8 Å². The summed E-state index contributed by atoms with van der Waals surface area (Å²) in [7, 11) is 0. The van der Waals surface area contributed by atoms with Gasteiger partial charge in [0.2, 0.25) is 5.82 Å². The van der Waals surface area contributed by atoms with Crippen LogP contribution in [-0.2, 0) is 17.6 Å². The highest BCUT2D eigenvalue weighted by atomic mass is 32.1. The van der Waals surface area contributed by atoms with Crippen molar-refractivity contribution in [2.75, 3.05) is 39.4 Å². The van der Waals surface area contributed by atoms with Gasteiger partial charge in [0, 0.05) is 31.1 Å². The van der Waals surface area contributed by atoms with Crippen LogP contribution in [0.1, 0.15) is 48.3 Å². The third-order valence-corrected chi connectivity index (χ3v) is 7.79. The fourth-order valence-corrected chi connectivity index (χ4v) is 5.90. The Hall–Kier alpha value is -2.10. The smallest absolute Gasteiger partial charge is 0.291 e. The first kappa shape index (κ1) is 20.8. The maximum absolute atomic E-state index is 12.7. The van der Waals surface area contributed by atoms with Crippen molar-refractivity contribution in [3.05, 3.63) is 22.6 Å². The zero-order valence-electron chi connectivity index (χ0n) is 18.5. The number of amides is 1. The molecular weight excluding hydrogens is 412 g/mol.